The fourth-order valence-electron chi connectivity index (χ4n) is 3.36. The lowest BCUT2D eigenvalue weighted by Gasteiger charge is -2.17. The average molecular weight is 300 g/mol. The second-order valence-corrected chi connectivity index (χ2v) is 6.58. The number of nitrogens with zero attached hydrogens (tertiary/aromatic N) is 1. The maximum Gasteiger partial charge on any atom is 0.323 e. The van der Waals surface area contributed by atoms with Gasteiger partial charge in [0.2, 0.25) is 0 Å². The van der Waals surface area contributed by atoms with Gasteiger partial charge in [-0.2, -0.15) is 0 Å². The Hall–Kier alpha value is -2.08. The lowest BCUT2D eigenvalue weighted by molar-refractivity contribution is 0.0931. The number of aromatic nitrogens is 2. The third-order valence-electron chi connectivity index (χ3n) is 4.80. The number of H-pyrrole nitrogens is 2. The summed E-state index contributed by atoms with van der Waals surface area (Å²) >= 11 is 0. The first-order valence-corrected chi connectivity index (χ1v) is 7.87. The van der Waals surface area contributed by atoms with Crippen LogP contribution in [0.4, 0.5) is 0 Å². The summed E-state index contributed by atoms with van der Waals surface area (Å²) in [5, 5.41) is 3.15. The molecule has 2 heterocycles. The van der Waals surface area contributed by atoms with Crippen LogP contribution in [-0.4, -0.2) is 45.9 Å². The molecule has 4 rings (SSSR count). The van der Waals surface area contributed by atoms with Crippen molar-refractivity contribution in [3.8, 4) is 0 Å². The van der Waals surface area contributed by atoms with Crippen molar-refractivity contribution < 1.29 is 4.79 Å². The van der Waals surface area contributed by atoms with Crippen molar-refractivity contribution in [2.24, 2.45) is 5.92 Å². The van der Waals surface area contributed by atoms with Gasteiger partial charge in [0, 0.05) is 30.7 Å². The first kappa shape index (κ1) is 13.6. The Morgan fingerprint density at radius 3 is 2.77 bits per heavy atom. The third-order valence-corrected chi connectivity index (χ3v) is 4.80. The van der Waals surface area contributed by atoms with Gasteiger partial charge in [0.05, 0.1) is 11.0 Å². The Bertz CT molecular complexity index is 774. The molecule has 1 amide bonds. The Balaban J connectivity index is 1.49. The molecule has 2 aromatic rings. The molecule has 2 atom stereocenters. The van der Waals surface area contributed by atoms with Crippen LogP contribution in [0, 0.1) is 5.92 Å². The normalized spacial score (nSPS) is 25.7. The van der Waals surface area contributed by atoms with Crippen molar-refractivity contribution in [1.29, 1.82) is 0 Å². The van der Waals surface area contributed by atoms with Crippen LogP contribution in [0.5, 0.6) is 0 Å². The van der Waals surface area contributed by atoms with Gasteiger partial charge in [0.25, 0.3) is 5.91 Å². The van der Waals surface area contributed by atoms with E-state index in [1.54, 1.807) is 18.2 Å². The number of amides is 1. The van der Waals surface area contributed by atoms with Gasteiger partial charge in [-0.25, -0.2) is 4.79 Å². The van der Waals surface area contributed by atoms with Crippen molar-refractivity contribution in [2.75, 3.05) is 13.1 Å². The topological polar surface area (TPSA) is 81.0 Å². The highest BCUT2D eigenvalue weighted by Crippen LogP contribution is 2.31. The first-order valence-electron chi connectivity index (χ1n) is 7.87. The number of rotatable bonds is 3. The quantitative estimate of drug-likeness (QED) is 0.793. The molecule has 3 N–H and O–H groups in total. The third kappa shape index (κ3) is 2.43. The molecule has 0 bridgehead atoms. The van der Waals surface area contributed by atoms with Crippen molar-refractivity contribution in [3.63, 3.8) is 0 Å². The number of carbonyl (C=O) groups is 1. The number of likely N-dealkylation sites (tertiary alicyclic amines) is 1. The molecule has 1 aromatic heterocycles. The Morgan fingerprint density at radius 1 is 1.23 bits per heavy atom. The Kier molecular flexibility index (Phi) is 3.07. The summed E-state index contributed by atoms with van der Waals surface area (Å²) in [6.45, 7) is 4.21. The van der Waals surface area contributed by atoms with Crippen molar-refractivity contribution in [2.45, 2.75) is 31.8 Å². The van der Waals surface area contributed by atoms with Crippen LogP contribution in [0.3, 0.4) is 0 Å². The molecule has 2 fully saturated rings. The summed E-state index contributed by atoms with van der Waals surface area (Å²) in [5.74, 6) is 0.402. The van der Waals surface area contributed by atoms with E-state index in [9.17, 15) is 9.59 Å². The van der Waals surface area contributed by atoms with Crippen molar-refractivity contribution in [3.05, 3.63) is 34.2 Å². The Morgan fingerprint density at radius 2 is 2.00 bits per heavy atom. The van der Waals surface area contributed by atoms with E-state index < -0.39 is 0 Å². The fourth-order valence-corrected chi connectivity index (χ4v) is 3.36. The zero-order chi connectivity index (χ0) is 15.3. The molecule has 2 aliphatic rings. The number of fused-ring (bicyclic) bond motifs is 1. The van der Waals surface area contributed by atoms with Crippen LogP contribution in [0.2, 0.25) is 0 Å². The fraction of sp³-hybridized carbons (Fsp3) is 0.500. The molecular formula is C16H20N4O2. The molecule has 6 nitrogen and oxygen atoms in total. The van der Waals surface area contributed by atoms with E-state index in [1.165, 1.54) is 12.8 Å². The highest BCUT2D eigenvalue weighted by Gasteiger charge is 2.38. The van der Waals surface area contributed by atoms with Crippen LogP contribution >= 0.6 is 0 Å². The van der Waals surface area contributed by atoms with Gasteiger partial charge in [-0.05, 0) is 37.0 Å². The summed E-state index contributed by atoms with van der Waals surface area (Å²) in [6, 6.07) is 6.18. The predicted octanol–water partition coefficient (Wildman–Crippen LogP) is 1.07. The highest BCUT2D eigenvalue weighted by atomic mass is 16.2. The van der Waals surface area contributed by atoms with Gasteiger partial charge in [0.1, 0.15) is 0 Å². The lowest BCUT2D eigenvalue weighted by Crippen LogP contribution is -2.40. The first-order chi connectivity index (χ1) is 10.6. The SMILES string of the molecule is C[C@H]1CN(C2CC2)C[C@@H]1NC(=O)c1ccc2[nH]c(=O)[nH]c2c1. The van der Waals surface area contributed by atoms with Gasteiger partial charge in [-0.15, -0.1) is 0 Å². The van der Waals surface area contributed by atoms with Crippen molar-refractivity contribution in [1.82, 2.24) is 20.2 Å². The van der Waals surface area contributed by atoms with Gasteiger partial charge in [0.15, 0.2) is 0 Å². The average Bonchev–Trinajstić information content (AvgIpc) is 3.17. The predicted molar refractivity (Wildman–Crippen MR) is 83.9 cm³/mol. The van der Waals surface area contributed by atoms with Crippen LogP contribution in [0.25, 0.3) is 11.0 Å². The summed E-state index contributed by atoms with van der Waals surface area (Å²) in [5.41, 5.74) is 1.71. The zero-order valence-electron chi connectivity index (χ0n) is 12.6. The molecule has 0 spiro atoms. The van der Waals surface area contributed by atoms with Gasteiger partial charge in [-0.3, -0.25) is 9.69 Å². The van der Waals surface area contributed by atoms with Crippen LogP contribution < -0.4 is 11.0 Å². The van der Waals surface area contributed by atoms with E-state index in [1.807, 2.05) is 0 Å². The summed E-state index contributed by atoms with van der Waals surface area (Å²) in [4.78, 5) is 31.6. The smallest absolute Gasteiger partial charge is 0.323 e. The van der Waals surface area contributed by atoms with Crippen LogP contribution in [0.1, 0.15) is 30.1 Å². The molecule has 22 heavy (non-hydrogen) atoms. The lowest BCUT2D eigenvalue weighted by atomic mass is 10.1. The summed E-state index contributed by atoms with van der Waals surface area (Å²) in [7, 11) is 0. The van der Waals surface area contributed by atoms with E-state index in [-0.39, 0.29) is 17.6 Å². The van der Waals surface area contributed by atoms with E-state index in [2.05, 4.69) is 27.1 Å². The minimum atomic E-state index is -0.253. The van der Waals surface area contributed by atoms with E-state index in [0.717, 1.165) is 24.6 Å². The maximum absolute atomic E-state index is 12.5. The number of aromatic amines is 2. The maximum atomic E-state index is 12.5. The minimum Gasteiger partial charge on any atom is -0.348 e. The van der Waals surface area contributed by atoms with E-state index in [4.69, 9.17) is 0 Å². The summed E-state index contributed by atoms with van der Waals surface area (Å²) < 4.78 is 0. The molecule has 1 saturated heterocycles. The molecule has 0 radical (unpaired) electrons. The molecule has 0 unspecified atom stereocenters. The van der Waals surface area contributed by atoms with E-state index >= 15 is 0 Å². The van der Waals surface area contributed by atoms with E-state index in [0.29, 0.717) is 17.0 Å². The number of hydrogen-bond acceptors (Lipinski definition) is 3. The number of nitrogens with one attached hydrogen (secondary N) is 3. The molecule has 116 valence electrons. The molecule has 1 aliphatic heterocycles. The second-order valence-electron chi connectivity index (χ2n) is 6.58. The largest absolute Gasteiger partial charge is 0.348 e. The standard InChI is InChI=1S/C16H20N4O2/c1-9-7-20(11-3-4-11)8-14(9)17-15(21)10-2-5-12-13(6-10)19-16(22)18-12/h2,5-6,9,11,14H,3-4,7-8H2,1H3,(H,17,21)(H2,18,19,22)/t9-,14-/m0/s1. The second kappa shape index (κ2) is 4.98. The molecular weight excluding hydrogens is 280 g/mol. The van der Waals surface area contributed by atoms with Crippen LogP contribution in [-0.2, 0) is 0 Å². The minimum absolute atomic E-state index is 0.0709. The van der Waals surface area contributed by atoms with Crippen LogP contribution in [0.15, 0.2) is 23.0 Å². The molecule has 1 aliphatic carbocycles. The zero-order valence-corrected chi connectivity index (χ0v) is 12.6. The van der Waals surface area contributed by atoms with Gasteiger partial charge < -0.3 is 15.3 Å². The summed E-state index contributed by atoms with van der Waals surface area (Å²) in [6.07, 6.45) is 2.59. The number of benzene rings is 1. The van der Waals surface area contributed by atoms with Gasteiger partial charge >= 0.3 is 5.69 Å². The highest BCUT2D eigenvalue weighted by molar-refractivity contribution is 5.97. The Labute approximate surface area is 127 Å². The monoisotopic (exact) mass is 300 g/mol. The van der Waals surface area contributed by atoms with Crippen molar-refractivity contribution >= 4 is 16.9 Å². The molecule has 6 heteroatoms. The molecule has 1 aromatic carbocycles. The molecule has 1 saturated carbocycles. The number of hydrogen-bond donors (Lipinski definition) is 3. The number of imidazole rings is 1. The number of carbonyl (C=O) groups excluding carboxylic acids is 1. The van der Waals surface area contributed by atoms with Gasteiger partial charge in [-0.1, -0.05) is 6.92 Å².